The summed E-state index contributed by atoms with van der Waals surface area (Å²) < 4.78 is 7.15. The highest BCUT2D eigenvalue weighted by Crippen LogP contribution is 2.27. The maximum Gasteiger partial charge on any atom is 0.251 e. The van der Waals surface area contributed by atoms with Crippen molar-refractivity contribution in [1.29, 1.82) is 0 Å². The van der Waals surface area contributed by atoms with Crippen molar-refractivity contribution < 1.29 is 14.3 Å². The number of carbonyl (C=O) groups is 2. The number of nitrogens with one attached hydrogen (secondary N) is 1. The second-order valence-electron chi connectivity index (χ2n) is 7.71. The Hall–Kier alpha value is -3.19. The first kappa shape index (κ1) is 26.1. The Morgan fingerprint density at radius 1 is 1.03 bits per heavy atom. The lowest BCUT2D eigenvalue weighted by atomic mass is 10.0. The van der Waals surface area contributed by atoms with Gasteiger partial charge in [-0.15, -0.1) is 0 Å². The van der Waals surface area contributed by atoms with Crippen LogP contribution in [0.15, 0.2) is 36.5 Å². The highest BCUT2D eigenvalue weighted by Gasteiger charge is 2.14. The summed E-state index contributed by atoms with van der Waals surface area (Å²) in [5.41, 5.74) is 6.98. The van der Waals surface area contributed by atoms with Gasteiger partial charge in [-0.1, -0.05) is 19.9 Å². The largest absolute Gasteiger partial charge is 0.378 e. The molecule has 2 amide bonds. The number of morpholine rings is 1. The van der Waals surface area contributed by atoms with Crippen LogP contribution in [0.2, 0.25) is 0 Å². The molecule has 0 aliphatic carbocycles. The summed E-state index contributed by atoms with van der Waals surface area (Å²) in [6, 6.07) is 9.87. The molecule has 1 aromatic carbocycles. The molecule has 178 valence electrons. The number of imidazole rings is 1. The minimum atomic E-state index is -0.0722. The maximum atomic E-state index is 11.7. The number of carbonyl (C=O) groups excluding carboxylic acids is 2. The standard InChI is InChI=1S/C18H19N3O.C6H11NO2.C2H6/c1-11-7-8-21-13(3)17(20-16(21)9-11)15-6-5-14(10-12(15)2)18(22)19-4;1-6(8)7-2-4-9-5-3-7;1-2/h5-10H,1-4H3,(H,19,22);2-5H2,1H3;1-2H3. The van der Waals surface area contributed by atoms with E-state index in [0.29, 0.717) is 18.8 Å². The molecule has 1 fully saturated rings. The Bertz CT molecular complexity index is 1100. The van der Waals surface area contributed by atoms with E-state index in [4.69, 9.17) is 9.72 Å². The molecule has 1 aliphatic rings. The lowest BCUT2D eigenvalue weighted by Crippen LogP contribution is -2.39. The van der Waals surface area contributed by atoms with Crippen molar-refractivity contribution in [2.24, 2.45) is 0 Å². The first-order chi connectivity index (χ1) is 15.8. The molecule has 2 aromatic heterocycles. The third kappa shape index (κ3) is 6.42. The third-order valence-corrected chi connectivity index (χ3v) is 5.45. The van der Waals surface area contributed by atoms with Gasteiger partial charge in [-0.2, -0.15) is 0 Å². The number of rotatable bonds is 2. The molecule has 7 heteroatoms. The van der Waals surface area contributed by atoms with Crippen LogP contribution in [-0.2, 0) is 9.53 Å². The van der Waals surface area contributed by atoms with Gasteiger partial charge in [-0.25, -0.2) is 4.98 Å². The molecule has 1 aliphatic heterocycles. The molecule has 0 bridgehead atoms. The van der Waals surface area contributed by atoms with Gasteiger partial charge >= 0.3 is 0 Å². The Balaban J connectivity index is 0.000000293. The van der Waals surface area contributed by atoms with E-state index in [2.05, 4.69) is 35.7 Å². The monoisotopic (exact) mass is 452 g/mol. The van der Waals surface area contributed by atoms with Gasteiger partial charge in [0.2, 0.25) is 5.91 Å². The van der Waals surface area contributed by atoms with E-state index in [1.165, 1.54) is 5.56 Å². The van der Waals surface area contributed by atoms with Crippen molar-refractivity contribution in [3.63, 3.8) is 0 Å². The van der Waals surface area contributed by atoms with Crippen LogP contribution < -0.4 is 5.32 Å². The SMILES string of the molecule is CC.CC(=O)N1CCOCC1.CNC(=O)c1ccc(-c2nc3cc(C)ccn3c2C)c(C)c1. The van der Waals surface area contributed by atoms with Gasteiger partial charge in [0.05, 0.1) is 18.9 Å². The number of amides is 2. The number of aryl methyl sites for hydroxylation is 3. The number of pyridine rings is 1. The number of ether oxygens (including phenoxy) is 1. The second-order valence-corrected chi connectivity index (χ2v) is 7.71. The fourth-order valence-electron chi connectivity index (χ4n) is 3.62. The summed E-state index contributed by atoms with van der Waals surface area (Å²) in [7, 11) is 1.64. The average Bonchev–Trinajstić information content (AvgIpc) is 3.15. The van der Waals surface area contributed by atoms with Crippen molar-refractivity contribution in [3.05, 3.63) is 58.9 Å². The van der Waals surface area contributed by atoms with Gasteiger partial charge in [0.1, 0.15) is 5.65 Å². The summed E-state index contributed by atoms with van der Waals surface area (Å²) in [5, 5.41) is 2.65. The number of aromatic nitrogens is 2. The maximum absolute atomic E-state index is 11.7. The van der Waals surface area contributed by atoms with Crippen molar-refractivity contribution in [2.45, 2.75) is 41.5 Å². The smallest absolute Gasteiger partial charge is 0.251 e. The molecule has 3 aromatic rings. The Labute approximate surface area is 196 Å². The summed E-state index contributed by atoms with van der Waals surface area (Å²) in [5.74, 6) is 0.0790. The van der Waals surface area contributed by atoms with Crippen molar-refractivity contribution in [1.82, 2.24) is 19.6 Å². The number of nitrogens with zero attached hydrogens (tertiary/aromatic N) is 3. The molecule has 1 N–H and O–H groups in total. The van der Waals surface area contributed by atoms with Gasteiger partial charge in [0.15, 0.2) is 0 Å². The molecule has 0 unspecified atom stereocenters. The van der Waals surface area contributed by atoms with Crippen LogP contribution in [0.1, 0.15) is 48.0 Å². The predicted molar refractivity (Wildman–Crippen MR) is 133 cm³/mol. The zero-order valence-corrected chi connectivity index (χ0v) is 20.9. The topological polar surface area (TPSA) is 75.9 Å². The van der Waals surface area contributed by atoms with Gasteiger partial charge in [-0.05, 0) is 56.2 Å². The number of hydrogen-bond donors (Lipinski definition) is 1. The summed E-state index contributed by atoms with van der Waals surface area (Å²) in [6.45, 7) is 14.6. The van der Waals surface area contributed by atoms with Crippen molar-refractivity contribution in [2.75, 3.05) is 33.4 Å². The highest BCUT2D eigenvalue weighted by molar-refractivity contribution is 5.94. The van der Waals surface area contributed by atoms with Crippen LogP contribution in [-0.4, -0.2) is 59.4 Å². The highest BCUT2D eigenvalue weighted by atomic mass is 16.5. The fraction of sp³-hybridized carbons (Fsp3) is 0.423. The Morgan fingerprint density at radius 2 is 1.70 bits per heavy atom. The first-order valence-corrected chi connectivity index (χ1v) is 11.4. The van der Waals surface area contributed by atoms with E-state index in [1.807, 2.05) is 45.2 Å². The van der Waals surface area contributed by atoms with Crippen LogP contribution >= 0.6 is 0 Å². The molecule has 33 heavy (non-hydrogen) atoms. The zero-order chi connectivity index (χ0) is 24.5. The van der Waals surface area contributed by atoms with Gasteiger partial charge in [0.25, 0.3) is 5.91 Å². The first-order valence-electron chi connectivity index (χ1n) is 11.4. The van der Waals surface area contributed by atoms with Crippen molar-refractivity contribution in [3.8, 4) is 11.3 Å². The number of hydrogen-bond acceptors (Lipinski definition) is 4. The minimum Gasteiger partial charge on any atom is -0.378 e. The van der Waals surface area contributed by atoms with Crippen LogP contribution in [0.5, 0.6) is 0 Å². The van der Waals surface area contributed by atoms with Crippen molar-refractivity contribution >= 4 is 17.5 Å². The van der Waals surface area contributed by atoms with Crippen LogP contribution in [0.25, 0.3) is 16.9 Å². The van der Waals surface area contributed by atoms with Gasteiger partial charge in [0, 0.05) is 50.1 Å². The molecular weight excluding hydrogens is 416 g/mol. The van der Waals surface area contributed by atoms with E-state index < -0.39 is 0 Å². The summed E-state index contributed by atoms with van der Waals surface area (Å²) in [4.78, 5) is 29.0. The summed E-state index contributed by atoms with van der Waals surface area (Å²) >= 11 is 0. The third-order valence-electron chi connectivity index (χ3n) is 5.45. The Morgan fingerprint density at radius 3 is 2.24 bits per heavy atom. The molecule has 0 atom stereocenters. The second kappa shape index (κ2) is 12.2. The normalized spacial score (nSPS) is 12.9. The van der Waals surface area contributed by atoms with Crippen LogP contribution in [0.4, 0.5) is 0 Å². The lowest BCUT2D eigenvalue weighted by molar-refractivity contribution is -0.132. The predicted octanol–water partition coefficient (Wildman–Crippen LogP) is 4.18. The number of fused-ring (bicyclic) bond motifs is 1. The van der Waals surface area contributed by atoms with E-state index in [0.717, 1.165) is 41.3 Å². The molecule has 0 spiro atoms. The van der Waals surface area contributed by atoms with Crippen LogP contribution in [0, 0.1) is 20.8 Å². The van der Waals surface area contributed by atoms with E-state index in [-0.39, 0.29) is 11.8 Å². The zero-order valence-electron chi connectivity index (χ0n) is 20.9. The molecule has 4 rings (SSSR count). The summed E-state index contributed by atoms with van der Waals surface area (Å²) in [6.07, 6.45) is 2.05. The molecule has 7 nitrogen and oxygen atoms in total. The van der Waals surface area contributed by atoms with E-state index in [1.54, 1.807) is 18.9 Å². The number of benzene rings is 1. The van der Waals surface area contributed by atoms with Gasteiger partial charge < -0.3 is 19.4 Å². The van der Waals surface area contributed by atoms with E-state index >= 15 is 0 Å². The quantitative estimate of drug-likeness (QED) is 0.633. The molecule has 3 heterocycles. The fourth-order valence-corrected chi connectivity index (χ4v) is 3.62. The molecule has 0 radical (unpaired) electrons. The molecule has 0 saturated carbocycles. The Kier molecular flexibility index (Phi) is 9.60. The van der Waals surface area contributed by atoms with E-state index in [9.17, 15) is 9.59 Å². The lowest BCUT2D eigenvalue weighted by Gasteiger charge is -2.25. The van der Waals surface area contributed by atoms with Crippen LogP contribution in [0.3, 0.4) is 0 Å². The minimum absolute atomic E-state index is 0.0722. The molecule has 1 saturated heterocycles. The molecular formula is C26H36N4O3. The average molecular weight is 453 g/mol. The van der Waals surface area contributed by atoms with Gasteiger partial charge in [-0.3, -0.25) is 9.59 Å².